The predicted octanol–water partition coefficient (Wildman–Crippen LogP) is 3.84. The van der Waals surface area contributed by atoms with Crippen molar-refractivity contribution in [3.8, 4) is 0 Å². The minimum absolute atomic E-state index is 0.466. The summed E-state index contributed by atoms with van der Waals surface area (Å²) in [6.07, 6.45) is 6.77. The number of furan rings is 1. The van der Waals surface area contributed by atoms with Gasteiger partial charge in [0.1, 0.15) is 5.76 Å². The lowest BCUT2D eigenvalue weighted by molar-refractivity contribution is 0.432. The first-order chi connectivity index (χ1) is 8.93. The zero-order chi connectivity index (χ0) is 12.2. The SMILES string of the molecule is c1coc(CNC2CCCCc3ccccc32)c1. The van der Waals surface area contributed by atoms with Crippen molar-refractivity contribution in [1.82, 2.24) is 5.32 Å². The molecule has 0 spiro atoms. The maximum atomic E-state index is 5.38. The fraction of sp³-hybridized carbons (Fsp3) is 0.375. The third-order valence-corrected chi connectivity index (χ3v) is 3.72. The fourth-order valence-electron chi connectivity index (χ4n) is 2.77. The summed E-state index contributed by atoms with van der Waals surface area (Å²) >= 11 is 0. The Morgan fingerprint density at radius 1 is 1.11 bits per heavy atom. The van der Waals surface area contributed by atoms with Gasteiger partial charge in [0.05, 0.1) is 12.8 Å². The van der Waals surface area contributed by atoms with E-state index in [4.69, 9.17) is 4.42 Å². The number of hydrogen-bond donors (Lipinski definition) is 1. The summed E-state index contributed by atoms with van der Waals surface area (Å²) in [4.78, 5) is 0. The standard InChI is InChI=1S/C16H19NO/c1-3-9-15-13(6-1)7-2-4-10-16(15)17-12-14-8-5-11-18-14/h1,3,5-6,8-9,11,16-17H,2,4,7,10,12H2. The van der Waals surface area contributed by atoms with Crippen LogP contribution in [0.4, 0.5) is 0 Å². The van der Waals surface area contributed by atoms with E-state index in [9.17, 15) is 0 Å². The van der Waals surface area contributed by atoms with Gasteiger partial charge in [0.25, 0.3) is 0 Å². The van der Waals surface area contributed by atoms with Gasteiger partial charge >= 0.3 is 0 Å². The second kappa shape index (κ2) is 5.40. The minimum atomic E-state index is 0.466. The third kappa shape index (κ3) is 2.49. The van der Waals surface area contributed by atoms with Crippen LogP contribution in [0.2, 0.25) is 0 Å². The Morgan fingerprint density at radius 3 is 2.94 bits per heavy atom. The first kappa shape index (κ1) is 11.5. The summed E-state index contributed by atoms with van der Waals surface area (Å²) in [6.45, 7) is 0.812. The Balaban J connectivity index is 1.75. The molecule has 1 aromatic heterocycles. The van der Waals surface area contributed by atoms with Crippen molar-refractivity contribution in [3.05, 3.63) is 59.5 Å². The van der Waals surface area contributed by atoms with Crippen molar-refractivity contribution in [1.29, 1.82) is 0 Å². The first-order valence-electron chi connectivity index (χ1n) is 6.77. The van der Waals surface area contributed by atoms with E-state index < -0.39 is 0 Å². The molecule has 1 aliphatic carbocycles. The quantitative estimate of drug-likeness (QED) is 0.826. The molecule has 0 amide bonds. The van der Waals surface area contributed by atoms with Crippen LogP contribution in [0, 0.1) is 0 Å². The molecule has 0 fully saturated rings. The molecule has 0 bridgehead atoms. The van der Waals surface area contributed by atoms with Gasteiger partial charge in [-0.3, -0.25) is 0 Å². The van der Waals surface area contributed by atoms with Crippen LogP contribution in [0.5, 0.6) is 0 Å². The smallest absolute Gasteiger partial charge is 0.117 e. The molecule has 1 heterocycles. The Labute approximate surface area is 108 Å². The molecule has 1 unspecified atom stereocenters. The normalized spacial score (nSPS) is 19.2. The molecule has 0 saturated carbocycles. The van der Waals surface area contributed by atoms with E-state index in [2.05, 4.69) is 29.6 Å². The molecule has 1 N–H and O–H groups in total. The minimum Gasteiger partial charge on any atom is -0.468 e. The number of benzene rings is 1. The molecule has 0 aliphatic heterocycles. The predicted molar refractivity (Wildman–Crippen MR) is 72.3 cm³/mol. The second-order valence-corrected chi connectivity index (χ2v) is 4.96. The number of nitrogens with one attached hydrogen (secondary N) is 1. The molecule has 1 atom stereocenters. The van der Waals surface area contributed by atoms with Gasteiger partial charge in [0, 0.05) is 6.04 Å². The first-order valence-corrected chi connectivity index (χ1v) is 6.77. The molecule has 94 valence electrons. The molecule has 3 rings (SSSR count). The van der Waals surface area contributed by atoms with Gasteiger partial charge in [-0.15, -0.1) is 0 Å². The summed E-state index contributed by atoms with van der Waals surface area (Å²) in [5, 5.41) is 3.63. The van der Waals surface area contributed by atoms with Crippen LogP contribution in [-0.2, 0) is 13.0 Å². The van der Waals surface area contributed by atoms with Crippen molar-refractivity contribution < 1.29 is 4.42 Å². The van der Waals surface area contributed by atoms with E-state index in [1.165, 1.54) is 36.8 Å². The highest BCUT2D eigenvalue weighted by Crippen LogP contribution is 2.28. The van der Waals surface area contributed by atoms with Gasteiger partial charge in [0.2, 0.25) is 0 Å². The van der Waals surface area contributed by atoms with E-state index in [-0.39, 0.29) is 0 Å². The van der Waals surface area contributed by atoms with E-state index in [0.29, 0.717) is 6.04 Å². The number of hydrogen-bond acceptors (Lipinski definition) is 2. The topological polar surface area (TPSA) is 25.2 Å². The van der Waals surface area contributed by atoms with E-state index >= 15 is 0 Å². The van der Waals surface area contributed by atoms with Gasteiger partial charge in [-0.25, -0.2) is 0 Å². The Bertz CT molecular complexity index is 490. The van der Waals surface area contributed by atoms with Crippen LogP contribution in [0.25, 0.3) is 0 Å². The summed E-state index contributed by atoms with van der Waals surface area (Å²) in [5.41, 5.74) is 2.98. The molecule has 2 nitrogen and oxygen atoms in total. The lowest BCUT2D eigenvalue weighted by Crippen LogP contribution is -2.20. The highest BCUT2D eigenvalue weighted by atomic mass is 16.3. The van der Waals surface area contributed by atoms with E-state index in [1.54, 1.807) is 6.26 Å². The van der Waals surface area contributed by atoms with Crippen molar-refractivity contribution in [3.63, 3.8) is 0 Å². The maximum Gasteiger partial charge on any atom is 0.117 e. The van der Waals surface area contributed by atoms with Crippen molar-refractivity contribution in [2.45, 2.75) is 38.3 Å². The second-order valence-electron chi connectivity index (χ2n) is 4.96. The van der Waals surface area contributed by atoms with Crippen LogP contribution in [0.3, 0.4) is 0 Å². The van der Waals surface area contributed by atoms with Gasteiger partial charge in [-0.2, -0.15) is 0 Å². The molecule has 2 heteroatoms. The molecular formula is C16H19NO. The van der Waals surface area contributed by atoms with Crippen molar-refractivity contribution >= 4 is 0 Å². The monoisotopic (exact) mass is 241 g/mol. The highest BCUT2D eigenvalue weighted by molar-refractivity contribution is 5.31. The van der Waals surface area contributed by atoms with Crippen LogP contribution < -0.4 is 5.32 Å². The number of aryl methyl sites for hydroxylation is 1. The molecule has 1 aliphatic rings. The third-order valence-electron chi connectivity index (χ3n) is 3.72. The Morgan fingerprint density at radius 2 is 2.06 bits per heavy atom. The Kier molecular flexibility index (Phi) is 3.47. The van der Waals surface area contributed by atoms with Gasteiger partial charge < -0.3 is 9.73 Å². The zero-order valence-electron chi connectivity index (χ0n) is 10.6. The molecular weight excluding hydrogens is 222 g/mol. The average Bonchev–Trinajstić information content (AvgIpc) is 2.84. The number of rotatable bonds is 3. The summed E-state index contributed by atoms with van der Waals surface area (Å²) in [7, 11) is 0. The Hall–Kier alpha value is -1.54. The fourth-order valence-corrected chi connectivity index (χ4v) is 2.77. The largest absolute Gasteiger partial charge is 0.468 e. The average molecular weight is 241 g/mol. The maximum absolute atomic E-state index is 5.38. The van der Waals surface area contributed by atoms with Gasteiger partial charge in [-0.05, 0) is 42.5 Å². The molecule has 18 heavy (non-hydrogen) atoms. The molecule has 2 aromatic rings. The molecule has 1 aromatic carbocycles. The lowest BCUT2D eigenvalue weighted by atomic mass is 9.99. The van der Waals surface area contributed by atoms with Gasteiger partial charge in [-0.1, -0.05) is 30.7 Å². The van der Waals surface area contributed by atoms with Crippen LogP contribution >= 0.6 is 0 Å². The molecule has 0 radical (unpaired) electrons. The van der Waals surface area contributed by atoms with E-state index in [1.807, 2.05) is 12.1 Å². The van der Waals surface area contributed by atoms with Gasteiger partial charge in [0.15, 0.2) is 0 Å². The zero-order valence-corrected chi connectivity index (χ0v) is 10.6. The van der Waals surface area contributed by atoms with Crippen LogP contribution in [-0.4, -0.2) is 0 Å². The van der Waals surface area contributed by atoms with Crippen molar-refractivity contribution in [2.75, 3.05) is 0 Å². The van der Waals surface area contributed by atoms with Crippen molar-refractivity contribution in [2.24, 2.45) is 0 Å². The summed E-state index contributed by atoms with van der Waals surface area (Å²) in [6, 6.07) is 13.3. The highest BCUT2D eigenvalue weighted by Gasteiger charge is 2.17. The van der Waals surface area contributed by atoms with Crippen LogP contribution in [0.1, 0.15) is 42.2 Å². The van der Waals surface area contributed by atoms with Crippen LogP contribution in [0.15, 0.2) is 47.1 Å². The number of fused-ring (bicyclic) bond motifs is 1. The van der Waals surface area contributed by atoms with E-state index in [0.717, 1.165) is 12.3 Å². The summed E-state index contributed by atoms with van der Waals surface area (Å²) in [5.74, 6) is 1.01. The summed E-state index contributed by atoms with van der Waals surface area (Å²) < 4.78 is 5.38. The lowest BCUT2D eigenvalue weighted by Gasteiger charge is -2.18. The molecule has 0 saturated heterocycles.